The molecule has 1 N–H and O–H groups in total. The summed E-state index contributed by atoms with van der Waals surface area (Å²) in [7, 11) is 0. The van der Waals surface area contributed by atoms with Gasteiger partial charge in [-0.05, 0) is 64.3 Å². The van der Waals surface area contributed by atoms with Crippen LogP contribution in [-0.4, -0.2) is 53.6 Å². The maximum absolute atomic E-state index is 12.6. The highest BCUT2D eigenvalue weighted by Crippen LogP contribution is 2.20. The van der Waals surface area contributed by atoms with Crippen LogP contribution in [0.5, 0.6) is 0 Å². The van der Waals surface area contributed by atoms with E-state index in [9.17, 15) is 9.59 Å². The van der Waals surface area contributed by atoms with Crippen LogP contribution in [-0.2, 0) is 22.6 Å². The van der Waals surface area contributed by atoms with Crippen molar-refractivity contribution >= 4 is 12.0 Å². The molecule has 0 bridgehead atoms. The van der Waals surface area contributed by atoms with Crippen LogP contribution in [0.4, 0.5) is 4.79 Å². The minimum absolute atomic E-state index is 0.0129. The number of rotatable bonds is 5. The van der Waals surface area contributed by atoms with E-state index in [-0.39, 0.29) is 17.9 Å². The van der Waals surface area contributed by atoms with Crippen LogP contribution in [0.25, 0.3) is 0 Å². The lowest BCUT2D eigenvalue weighted by Crippen LogP contribution is -2.37. The van der Waals surface area contributed by atoms with E-state index in [1.54, 1.807) is 4.90 Å². The number of hydrogen-bond acceptors (Lipinski definition) is 4. The Kier molecular flexibility index (Phi) is 7.75. The molecule has 0 radical (unpaired) electrons. The Balaban J connectivity index is 1.46. The summed E-state index contributed by atoms with van der Waals surface area (Å²) in [6.45, 7) is 10.4. The molecule has 2 aliphatic heterocycles. The number of benzene rings is 1. The van der Waals surface area contributed by atoms with Crippen molar-refractivity contribution in [3.8, 4) is 0 Å². The lowest BCUT2D eigenvalue weighted by atomic mass is 10.1. The Bertz CT molecular complexity index is 721. The highest BCUT2D eigenvalue weighted by atomic mass is 16.6. The molecule has 6 nitrogen and oxygen atoms in total. The molecular weight excluding hydrogens is 378 g/mol. The van der Waals surface area contributed by atoms with Crippen LogP contribution in [0, 0.1) is 5.92 Å². The first-order valence-corrected chi connectivity index (χ1v) is 11.4. The number of carbonyl (C=O) groups excluding carboxylic acids is 2. The quantitative estimate of drug-likeness (QED) is 0.791. The number of nitrogens with zero attached hydrogens (tertiary/aromatic N) is 2. The lowest BCUT2D eigenvalue weighted by molar-refractivity contribution is -0.124. The monoisotopic (exact) mass is 415 g/mol. The molecule has 2 fully saturated rings. The molecule has 2 amide bonds. The zero-order valence-corrected chi connectivity index (χ0v) is 18.8. The third-order valence-electron chi connectivity index (χ3n) is 5.77. The molecule has 0 aliphatic carbocycles. The predicted octanol–water partition coefficient (Wildman–Crippen LogP) is 3.94. The zero-order valence-electron chi connectivity index (χ0n) is 18.8. The number of carbonyl (C=O) groups is 2. The third-order valence-corrected chi connectivity index (χ3v) is 5.77. The minimum Gasteiger partial charge on any atom is -0.444 e. The van der Waals surface area contributed by atoms with Crippen molar-refractivity contribution in [2.75, 3.05) is 26.2 Å². The lowest BCUT2D eigenvalue weighted by Gasteiger charge is -2.24. The van der Waals surface area contributed by atoms with Crippen molar-refractivity contribution < 1.29 is 14.3 Å². The highest BCUT2D eigenvalue weighted by Gasteiger charge is 2.33. The van der Waals surface area contributed by atoms with E-state index in [0.29, 0.717) is 26.1 Å². The fraction of sp³-hybridized carbons (Fsp3) is 0.667. The Morgan fingerprint density at radius 2 is 1.77 bits per heavy atom. The topological polar surface area (TPSA) is 61.9 Å². The Hall–Kier alpha value is -2.08. The normalized spacial score (nSPS) is 20.6. The van der Waals surface area contributed by atoms with Gasteiger partial charge in [-0.1, -0.05) is 37.1 Å². The summed E-state index contributed by atoms with van der Waals surface area (Å²) in [6, 6.07) is 8.51. The molecule has 2 heterocycles. The van der Waals surface area contributed by atoms with Gasteiger partial charge in [0.1, 0.15) is 5.60 Å². The summed E-state index contributed by atoms with van der Waals surface area (Å²) >= 11 is 0. The van der Waals surface area contributed by atoms with Crippen LogP contribution >= 0.6 is 0 Å². The average Bonchev–Trinajstić information content (AvgIpc) is 3.05. The van der Waals surface area contributed by atoms with Crippen LogP contribution in [0.1, 0.15) is 64.0 Å². The molecule has 2 saturated heterocycles. The van der Waals surface area contributed by atoms with Crippen molar-refractivity contribution in [3.05, 3.63) is 35.4 Å². The van der Waals surface area contributed by atoms with Gasteiger partial charge in [0, 0.05) is 26.2 Å². The fourth-order valence-corrected chi connectivity index (χ4v) is 4.19. The molecular formula is C24H37N3O3. The second-order valence-electron chi connectivity index (χ2n) is 9.64. The number of ether oxygens (including phenoxy) is 1. The molecule has 0 saturated carbocycles. The first-order chi connectivity index (χ1) is 14.3. The van der Waals surface area contributed by atoms with Gasteiger partial charge in [0.15, 0.2) is 0 Å². The van der Waals surface area contributed by atoms with Crippen LogP contribution < -0.4 is 5.32 Å². The van der Waals surface area contributed by atoms with Crippen LogP contribution in [0.3, 0.4) is 0 Å². The summed E-state index contributed by atoms with van der Waals surface area (Å²) in [5.41, 5.74) is 1.91. The van der Waals surface area contributed by atoms with Gasteiger partial charge in [0.05, 0.1) is 5.92 Å². The van der Waals surface area contributed by atoms with Crippen molar-refractivity contribution in [3.63, 3.8) is 0 Å². The Morgan fingerprint density at radius 1 is 1.07 bits per heavy atom. The molecule has 1 aromatic carbocycles. The van der Waals surface area contributed by atoms with Crippen molar-refractivity contribution in [1.82, 2.24) is 15.1 Å². The summed E-state index contributed by atoms with van der Waals surface area (Å²) in [4.78, 5) is 29.0. The standard InChI is InChI=1S/C24H37N3O3/c1-24(2,3)30-23(29)27-14-11-21(18-27)22(28)25-16-19-9-8-10-20(15-19)17-26-12-6-4-5-7-13-26/h8-10,15,21H,4-7,11-14,16-18H2,1-3H3,(H,25,28). The molecule has 1 atom stereocenters. The van der Waals surface area contributed by atoms with E-state index in [1.807, 2.05) is 20.8 Å². The van der Waals surface area contributed by atoms with E-state index in [4.69, 9.17) is 4.74 Å². The number of likely N-dealkylation sites (tertiary alicyclic amines) is 2. The first-order valence-electron chi connectivity index (χ1n) is 11.4. The second-order valence-corrected chi connectivity index (χ2v) is 9.64. The third kappa shape index (κ3) is 7.01. The number of nitrogens with one attached hydrogen (secondary N) is 1. The molecule has 30 heavy (non-hydrogen) atoms. The van der Waals surface area contributed by atoms with Gasteiger partial charge >= 0.3 is 6.09 Å². The average molecular weight is 416 g/mol. The van der Waals surface area contributed by atoms with E-state index < -0.39 is 5.60 Å². The van der Waals surface area contributed by atoms with Crippen molar-refractivity contribution in [1.29, 1.82) is 0 Å². The largest absolute Gasteiger partial charge is 0.444 e. The fourth-order valence-electron chi connectivity index (χ4n) is 4.19. The van der Waals surface area contributed by atoms with Gasteiger partial charge in [0.25, 0.3) is 0 Å². The predicted molar refractivity (Wildman–Crippen MR) is 118 cm³/mol. The molecule has 1 unspecified atom stereocenters. The maximum Gasteiger partial charge on any atom is 0.410 e. The van der Waals surface area contributed by atoms with E-state index in [1.165, 1.54) is 44.3 Å². The SMILES string of the molecule is CC(C)(C)OC(=O)N1CCC(C(=O)NCc2cccc(CN3CCCCCC3)c2)C1. The summed E-state index contributed by atoms with van der Waals surface area (Å²) < 4.78 is 5.41. The molecule has 0 aromatic heterocycles. The summed E-state index contributed by atoms with van der Waals surface area (Å²) in [5.74, 6) is -0.156. The van der Waals surface area contributed by atoms with E-state index in [0.717, 1.165) is 12.1 Å². The van der Waals surface area contributed by atoms with E-state index in [2.05, 4.69) is 34.5 Å². The van der Waals surface area contributed by atoms with Crippen molar-refractivity contribution in [2.24, 2.45) is 5.92 Å². The highest BCUT2D eigenvalue weighted by molar-refractivity contribution is 5.80. The Labute approximate surface area is 180 Å². The molecule has 166 valence electrons. The summed E-state index contributed by atoms with van der Waals surface area (Å²) in [5, 5.41) is 3.06. The van der Waals surface area contributed by atoms with Crippen LogP contribution in [0.15, 0.2) is 24.3 Å². The smallest absolute Gasteiger partial charge is 0.410 e. The van der Waals surface area contributed by atoms with Gasteiger partial charge < -0.3 is 15.0 Å². The molecule has 6 heteroatoms. The van der Waals surface area contributed by atoms with Crippen molar-refractivity contribution in [2.45, 2.75) is 71.6 Å². The molecule has 0 spiro atoms. The maximum atomic E-state index is 12.6. The van der Waals surface area contributed by atoms with Gasteiger partial charge in [0.2, 0.25) is 5.91 Å². The van der Waals surface area contributed by atoms with Gasteiger partial charge in [-0.15, -0.1) is 0 Å². The van der Waals surface area contributed by atoms with E-state index >= 15 is 0 Å². The molecule has 2 aliphatic rings. The minimum atomic E-state index is -0.518. The molecule has 3 rings (SSSR count). The first kappa shape index (κ1) is 22.6. The summed E-state index contributed by atoms with van der Waals surface area (Å²) in [6.07, 6.45) is 5.61. The molecule has 1 aromatic rings. The van der Waals surface area contributed by atoms with Gasteiger partial charge in [-0.25, -0.2) is 4.79 Å². The number of hydrogen-bond donors (Lipinski definition) is 1. The van der Waals surface area contributed by atoms with Gasteiger partial charge in [-0.3, -0.25) is 9.69 Å². The number of amides is 2. The van der Waals surface area contributed by atoms with Gasteiger partial charge in [-0.2, -0.15) is 0 Å². The zero-order chi connectivity index (χ0) is 21.6. The van der Waals surface area contributed by atoms with Crippen LogP contribution in [0.2, 0.25) is 0 Å². The second kappa shape index (κ2) is 10.3. The Morgan fingerprint density at radius 3 is 2.47 bits per heavy atom.